The van der Waals surface area contributed by atoms with E-state index in [0.29, 0.717) is 75.0 Å². The number of aliphatic hydroxyl groups is 1. The molecule has 1 atom stereocenters. The number of hydrogen-bond acceptors (Lipinski definition) is 8. The quantitative estimate of drug-likeness (QED) is 0.107. The van der Waals surface area contributed by atoms with Gasteiger partial charge in [-0.25, -0.2) is 9.59 Å². The van der Waals surface area contributed by atoms with Gasteiger partial charge in [0.2, 0.25) is 0 Å². The van der Waals surface area contributed by atoms with E-state index in [2.05, 4.69) is 0 Å². The van der Waals surface area contributed by atoms with Crippen molar-refractivity contribution in [2.75, 3.05) is 27.4 Å². The second-order valence-corrected chi connectivity index (χ2v) is 15.2. The Hall–Kier alpha value is -5.29. The molecule has 12 nitrogen and oxygen atoms in total. The number of aryl methyl sites for hydroxylation is 2. The van der Waals surface area contributed by atoms with Gasteiger partial charge in [-0.1, -0.05) is 74.2 Å². The van der Waals surface area contributed by atoms with Crippen LogP contribution in [-0.4, -0.2) is 58.4 Å². The number of benzene rings is 4. The first-order chi connectivity index (χ1) is 30.5. The molecule has 4 aromatic carbocycles. The lowest BCUT2D eigenvalue weighted by molar-refractivity contribution is 0.162. The Bertz CT molecular complexity index is 2690. The molecule has 0 fully saturated rings. The number of fused-ring (bicyclic) bond motifs is 2. The highest BCUT2D eigenvalue weighted by Gasteiger charge is 2.24. The molecular formula is C46H56BCl2F3N4O8. The SMILES string of the molecule is CCCCn1c(=O)c2c(C(O)c3ccc(Cl)cc3)c(OC)ccc2n(C)c1=O.CCCCn1c(=O)c2c(Cc3ccc(Cl)cc3)c(OC)ccc2n(C)c1=O.CCOCC.FB(F)F. The molecule has 0 saturated heterocycles. The molecule has 346 valence electrons. The van der Waals surface area contributed by atoms with E-state index in [1.807, 2.05) is 58.0 Å². The lowest BCUT2D eigenvalue weighted by atomic mass is 9.97. The third-order valence-corrected chi connectivity index (χ3v) is 10.7. The number of aliphatic hydroxyl groups excluding tert-OH is 1. The zero-order valence-corrected chi connectivity index (χ0v) is 38.9. The van der Waals surface area contributed by atoms with Crippen LogP contribution >= 0.6 is 23.2 Å². The Morgan fingerprint density at radius 2 is 1.06 bits per heavy atom. The summed E-state index contributed by atoms with van der Waals surface area (Å²) in [6, 6.07) is 21.1. The molecule has 2 heterocycles. The van der Waals surface area contributed by atoms with Gasteiger partial charge in [-0.05, 0) is 86.3 Å². The van der Waals surface area contributed by atoms with Crippen molar-refractivity contribution in [2.45, 2.75) is 79.0 Å². The molecule has 0 radical (unpaired) electrons. The van der Waals surface area contributed by atoms with Crippen LogP contribution in [0.25, 0.3) is 21.8 Å². The van der Waals surface area contributed by atoms with Crippen molar-refractivity contribution in [3.63, 3.8) is 0 Å². The molecule has 0 amide bonds. The van der Waals surface area contributed by atoms with E-state index in [1.165, 1.54) is 25.4 Å². The Kier molecular flexibility index (Phi) is 21.4. The summed E-state index contributed by atoms with van der Waals surface area (Å²) in [5, 5.41) is 13.1. The molecular weight excluding hydrogens is 875 g/mol. The Morgan fingerprint density at radius 3 is 1.48 bits per heavy atom. The lowest BCUT2D eigenvalue weighted by Gasteiger charge is -2.19. The first-order valence-corrected chi connectivity index (χ1v) is 21.6. The molecule has 64 heavy (non-hydrogen) atoms. The summed E-state index contributed by atoms with van der Waals surface area (Å²) < 4.78 is 50.3. The predicted molar refractivity (Wildman–Crippen MR) is 251 cm³/mol. The van der Waals surface area contributed by atoms with Crippen LogP contribution in [0.15, 0.2) is 92.0 Å². The van der Waals surface area contributed by atoms with Crippen LogP contribution in [0.4, 0.5) is 12.9 Å². The van der Waals surface area contributed by atoms with Gasteiger partial charge in [-0.15, -0.1) is 0 Å². The molecule has 0 aliphatic rings. The summed E-state index contributed by atoms with van der Waals surface area (Å²) in [5.74, 6) is 1.02. The Morgan fingerprint density at radius 1 is 0.641 bits per heavy atom. The molecule has 6 rings (SSSR count). The Balaban J connectivity index is 0.000000286. The van der Waals surface area contributed by atoms with Crippen molar-refractivity contribution in [3.05, 3.63) is 147 Å². The van der Waals surface area contributed by atoms with E-state index in [9.17, 15) is 37.2 Å². The summed E-state index contributed by atoms with van der Waals surface area (Å²) in [4.78, 5) is 51.8. The fourth-order valence-electron chi connectivity index (χ4n) is 6.90. The minimum atomic E-state index is -3.67. The molecule has 1 unspecified atom stereocenters. The van der Waals surface area contributed by atoms with Crippen molar-refractivity contribution in [1.82, 2.24) is 18.3 Å². The molecule has 0 aliphatic heterocycles. The molecule has 0 saturated carbocycles. The van der Waals surface area contributed by atoms with Crippen LogP contribution in [0.2, 0.25) is 10.0 Å². The third kappa shape index (κ3) is 13.4. The maximum atomic E-state index is 13.2. The van der Waals surface area contributed by atoms with Gasteiger partial charge in [0.1, 0.15) is 17.6 Å². The number of halogens is 5. The van der Waals surface area contributed by atoms with Gasteiger partial charge in [-0.3, -0.25) is 40.8 Å². The van der Waals surface area contributed by atoms with E-state index in [0.717, 1.165) is 43.6 Å². The van der Waals surface area contributed by atoms with E-state index in [1.54, 1.807) is 63.7 Å². The molecule has 1 N–H and O–H groups in total. The van der Waals surface area contributed by atoms with Crippen molar-refractivity contribution in [2.24, 2.45) is 14.1 Å². The number of nitrogens with zero attached hydrogens (tertiary/aromatic N) is 4. The number of methoxy groups -OCH3 is 2. The summed E-state index contributed by atoms with van der Waals surface area (Å²) >= 11 is 11.9. The standard InChI is InChI=1S/C21H23ClN2O4.C21H23ClN2O3.C4H10O.BF3/c1-4-5-12-24-20(26)17-15(23(2)21(24)27)10-11-16(28-3)18(17)19(25)13-6-8-14(22)9-7-13;1-4-5-12-24-20(25)19-16(13-14-6-8-15(22)9-7-14)18(27-3)11-10-17(19)23(2)21(24)26;1-3-5-4-2;2-1(3)4/h6-11,19,25H,4-5,12H2,1-3H3;6-11H,4-5,12-13H2,1-3H3;3-4H2,1-2H3;. The van der Waals surface area contributed by atoms with Gasteiger partial charge >= 0.3 is 18.9 Å². The molecule has 0 bridgehead atoms. The maximum absolute atomic E-state index is 13.2. The van der Waals surface area contributed by atoms with Gasteiger partial charge in [0.05, 0.1) is 36.0 Å². The van der Waals surface area contributed by atoms with Crippen molar-refractivity contribution in [1.29, 1.82) is 0 Å². The van der Waals surface area contributed by atoms with Crippen LogP contribution in [-0.2, 0) is 38.3 Å². The van der Waals surface area contributed by atoms with Crippen LogP contribution in [0.5, 0.6) is 11.5 Å². The smallest absolute Gasteiger partial charge is 0.496 e. The predicted octanol–water partition coefficient (Wildman–Crippen LogP) is 8.92. The lowest BCUT2D eigenvalue weighted by Crippen LogP contribution is -2.39. The largest absolute Gasteiger partial charge is 0.762 e. The zero-order valence-electron chi connectivity index (χ0n) is 37.4. The van der Waals surface area contributed by atoms with Crippen LogP contribution in [0, 0.1) is 0 Å². The van der Waals surface area contributed by atoms with E-state index in [4.69, 9.17) is 37.4 Å². The van der Waals surface area contributed by atoms with Gasteiger partial charge in [-0.2, -0.15) is 0 Å². The number of unbranched alkanes of at least 4 members (excludes halogenated alkanes) is 2. The van der Waals surface area contributed by atoms with Crippen molar-refractivity contribution >= 4 is 52.6 Å². The topological polar surface area (TPSA) is 136 Å². The monoisotopic (exact) mass is 930 g/mol. The molecule has 0 aliphatic carbocycles. The van der Waals surface area contributed by atoms with Crippen molar-refractivity contribution < 1.29 is 32.3 Å². The van der Waals surface area contributed by atoms with Crippen LogP contribution in [0.3, 0.4) is 0 Å². The van der Waals surface area contributed by atoms with Crippen molar-refractivity contribution in [3.8, 4) is 11.5 Å². The van der Waals surface area contributed by atoms with Gasteiger partial charge in [0, 0.05) is 68.0 Å². The minimum Gasteiger partial charge on any atom is -0.496 e. The summed E-state index contributed by atoms with van der Waals surface area (Å²) in [6.07, 6.45) is 2.64. The van der Waals surface area contributed by atoms with Gasteiger partial charge in [0.25, 0.3) is 11.1 Å². The maximum Gasteiger partial charge on any atom is 0.762 e. The third-order valence-electron chi connectivity index (χ3n) is 10.2. The number of hydrogen-bond donors (Lipinski definition) is 1. The first kappa shape index (κ1) is 53.1. The normalized spacial score (nSPS) is 11.2. The summed E-state index contributed by atoms with van der Waals surface area (Å²) in [5.41, 5.74) is 2.43. The number of aromatic nitrogens is 4. The highest BCUT2D eigenvalue weighted by molar-refractivity contribution is 6.33. The van der Waals surface area contributed by atoms with Crippen LogP contribution in [0.1, 0.15) is 81.7 Å². The first-order valence-electron chi connectivity index (χ1n) is 20.8. The second-order valence-electron chi connectivity index (χ2n) is 14.3. The van der Waals surface area contributed by atoms with E-state index < -0.39 is 19.2 Å². The summed E-state index contributed by atoms with van der Waals surface area (Å²) in [7, 11) is 2.73. The van der Waals surface area contributed by atoms with Gasteiger partial charge < -0.3 is 19.3 Å². The second kappa shape index (κ2) is 25.9. The fraction of sp³-hybridized carbons (Fsp3) is 0.391. The fourth-order valence-corrected chi connectivity index (χ4v) is 7.16. The Labute approximate surface area is 380 Å². The highest BCUT2D eigenvalue weighted by atomic mass is 35.5. The van der Waals surface area contributed by atoms with Crippen LogP contribution < -0.4 is 32.0 Å². The van der Waals surface area contributed by atoms with E-state index >= 15 is 0 Å². The highest BCUT2D eigenvalue weighted by Crippen LogP contribution is 2.35. The van der Waals surface area contributed by atoms with Gasteiger partial charge in [0.15, 0.2) is 0 Å². The average molecular weight is 932 g/mol. The molecule has 6 aromatic rings. The summed E-state index contributed by atoms with van der Waals surface area (Å²) in [6.45, 7) is 10.4. The zero-order chi connectivity index (χ0) is 47.7. The number of ether oxygens (including phenoxy) is 3. The van der Waals surface area contributed by atoms with E-state index in [-0.39, 0.29) is 22.3 Å². The molecule has 0 spiro atoms. The number of rotatable bonds is 14. The molecule has 2 aromatic heterocycles. The molecule has 18 heteroatoms. The minimum absolute atomic E-state index is 0.260. The average Bonchev–Trinajstić information content (AvgIpc) is 3.28.